The lowest BCUT2D eigenvalue weighted by atomic mass is 10.1. The van der Waals surface area contributed by atoms with Crippen molar-refractivity contribution in [2.24, 2.45) is 0 Å². The van der Waals surface area contributed by atoms with E-state index in [1.807, 2.05) is 0 Å². The first-order valence-corrected chi connectivity index (χ1v) is 16.2. The molecular formula is C25H34F3N7O4Si. The third-order valence-electron chi connectivity index (χ3n) is 8.10. The fourth-order valence-corrected chi connectivity index (χ4v) is 6.34. The number of hydrogen-bond donors (Lipinski definition) is 1. The van der Waals surface area contributed by atoms with Crippen LogP contribution in [0.15, 0.2) is 12.3 Å². The molecule has 3 fully saturated rings. The first kappa shape index (κ1) is 28.5. The summed E-state index contributed by atoms with van der Waals surface area (Å²) in [4.78, 5) is 32.8. The lowest BCUT2D eigenvalue weighted by Crippen LogP contribution is -2.47. The maximum Gasteiger partial charge on any atom is 0.434 e. The highest BCUT2D eigenvalue weighted by Gasteiger charge is 2.54. The highest BCUT2D eigenvalue weighted by Crippen LogP contribution is 2.44. The average Bonchev–Trinajstić information content (AvgIpc) is 3.40. The standard InChI is InChI=1S/C25H34F3N7O4Si/c1-24(2,3)40(4,5)39-17-7-6-16-19(17)38-23(36)35(16)18-12-15(31-22(32-18)34-8-10-37-11-9-34)14-13-30-21(29)33-20(14)25(26,27)28/h12-13,16-17,19H,6-11H2,1-5H3,(H2,29,30,33). The Morgan fingerprint density at radius 2 is 1.80 bits per heavy atom. The van der Waals surface area contributed by atoms with Gasteiger partial charge in [0.1, 0.15) is 11.9 Å². The lowest BCUT2D eigenvalue weighted by Gasteiger charge is -2.39. The number of nitrogens with two attached hydrogens (primary N) is 1. The fraction of sp³-hybridized carbons (Fsp3) is 0.640. The minimum Gasteiger partial charge on any atom is -0.441 e. The summed E-state index contributed by atoms with van der Waals surface area (Å²) in [5.74, 6) is -0.200. The van der Waals surface area contributed by atoms with Gasteiger partial charge in [0.15, 0.2) is 14.0 Å². The number of ether oxygens (including phenoxy) is 2. The number of nitrogens with zero attached hydrogens (tertiary/aromatic N) is 6. The van der Waals surface area contributed by atoms with E-state index < -0.39 is 38.3 Å². The molecule has 5 rings (SSSR count). The van der Waals surface area contributed by atoms with Crippen LogP contribution in [0.1, 0.15) is 39.3 Å². The van der Waals surface area contributed by atoms with E-state index in [-0.39, 0.29) is 40.2 Å². The fourth-order valence-electron chi connectivity index (χ4n) is 4.98. The molecule has 1 saturated carbocycles. The number of carbonyl (C=O) groups is 1. The molecule has 4 heterocycles. The largest absolute Gasteiger partial charge is 0.441 e. The van der Waals surface area contributed by atoms with Crippen molar-refractivity contribution in [3.05, 3.63) is 18.0 Å². The molecule has 2 aliphatic heterocycles. The zero-order valence-electron chi connectivity index (χ0n) is 23.2. The van der Waals surface area contributed by atoms with Gasteiger partial charge in [-0.05, 0) is 31.0 Å². The predicted molar refractivity (Wildman–Crippen MR) is 143 cm³/mol. The van der Waals surface area contributed by atoms with Crippen molar-refractivity contribution in [2.75, 3.05) is 41.8 Å². The number of anilines is 3. The molecule has 15 heteroatoms. The zero-order chi connectivity index (χ0) is 29.0. The first-order valence-electron chi connectivity index (χ1n) is 13.3. The topological polar surface area (TPSA) is 129 Å². The van der Waals surface area contributed by atoms with Crippen LogP contribution in [0.3, 0.4) is 0 Å². The van der Waals surface area contributed by atoms with Crippen LogP contribution in [-0.2, 0) is 20.1 Å². The highest BCUT2D eigenvalue weighted by molar-refractivity contribution is 6.74. The van der Waals surface area contributed by atoms with Gasteiger partial charge in [-0.3, -0.25) is 4.90 Å². The predicted octanol–water partition coefficient (Wildman–Crippen LogP) is 4.25. The Morgan fingerprint density at radius 1 is 1.10 bits per heavy atom. The summed E-state index contributed by atoms with van der Waals surface area (Å²) >= 11 is 0. The van der Waals surface area contributed by atoms with Crippen LogP contribution in [-0.4, -0.2) is 78.9 Å². The Balaban J connectivity index is 1.55. The minimum absolute atomic E-state index is 0.0284. The van der Waals surface area contributed by atoms with E-state index in [2.05, 4.69) is 53.8 Å². The maximum atomic E-state index is 14.0. The van der Waals surface area contributed by atoms with E-state index in [4.69, 9.17) is 19.6 Å². The number of nitrogen functional groups attached to an aromatic ring is 1. The molecule has 3 aliphatic rings. The molecule has 0 aromatic carbocycles. The van der Waals surface area contributed by atoms with Crippen molar-refractivity contribution in [1.82, 2.24) is 19.9 Å². The summed E-state index contributed by atoms with van der Waals surface area (Å²) in [6, 6.07) is 0.965. The van der Waals surface area contributed by atoms with Crippen molar-refractivity contribution < 1.29 is 31.9 Å². The Labute approximate surface area is 231 Å². The molecule has 0 spiro atoms. The molecule has 2 aromatic rings. The third-order valence-corrected chi connectivity index (χ3v) is 12.6. The third kappa shape index (κ3) is 5.33. The zero-order valence-corrected chi connectivity index (χ0v) is 24.2. The molecule has 11 nitrogen and oxygen atoms in total. The molecule has 1 amide bonds. The summed E-state index contributed by atoms with van der Waals surface area (Å²) in [5, 5.41) is -0.0284. The molecular weight excluding hydrogens is 547 g/mol. The number of rotatable bonds is 5. The molecule has 2 saturated heterocycles. The Morgan fingerprint density at radius 3 is 2.45 bits per heavy atom. The maximum absolute atomic E-state index is 14.0. The van der Waals surface area contributed by atoms with Gasteiger partial charge in [0.05, 0.1) is 31.1 Å². The van der Waals surface area contributed by atoms with Crippen LogP contribution in [0.5, 0.6) is 0 Å². The van der Waals surface area contributed by atoms with Crippen LogP contribution in [0.2, 0.25) is 18.1 Å². The van der Waals surface area contributed by atoms with E-state index in [0.717, 1.165) is 6.20 Å². The summed E-state index contributed by atoms with van der Waals surface area (Å²) in [5.41, 5.74) is 3.82. The molecule has 3 unspecified atom stereocenters. The number of halogens is 3. The van der Waals surface area contributed by atoms with Gasteiger partial charge in [-0.2, -0.15) is 18.2 Å². The summed E-state index contributed by atoms with van der Waals surface area (Å²) in [6.07, 6.45) is -3.96. The van der Waals surface area contributed by atoms with Crippen LogP contribution in [0.25, 0.3) is 11.3 Å². The second kappa shape index (κ2) is 10.1. The van der Waals surface area contributed by atoms with Gasteiger partial charge < -0.3 is 24.5 Å². The monoisotopic (exact) mass is 581 g/mol. The first-order chi connectivity index (χ1) is 18.7. The minimum atomic E-state index is -4.81. The molecule has 40 heavy (non-hydrogen) atoms. The van der Waals surface area contributed by atoms with Crippen LogP contribution in [0, 0.1) is 0 Å². The summed E-state index contributed by atoms with van der Waals surface area (Å²) in [6.45, 7) is 12.4. The Hall–Kier alpha value is -3.04. The van der Waals surface area contributed by atoms with Crippen molar-refractivity contribution in [3.8, 4) is 11.3 Å². The van der Waals surface area contributed by atoms with Gasteiger partial charge in [0.2, 0.25) is 11.9 Å². The van der Waals surface area contributed by atoms with Gasteiger partial charge in [-0.15, -0.1) is 0 Å². The van der Waals surface area contributed by atoms with E-state index >= 15 is 0 Å². The number of morpholine rings is 1. The van der Waals surface area contributed by atoms with Crippen molar-refractivity contribution in [1.29, 1.82) is 0 Å². The molecule has 2 N–H and O–H groups in total. The average molecular weight is 582 g/mol. The lowest BCUT2D eigenvalue weighted by molar-refractivity contribution is -0.140. The van der Waals surface area contributed by atoms with Gasteiger partial charge in [-0.25, -0.2) is 19.7 Å². The van der Waals surface area contributed by atoms with Crippen LogP contribution in [0.4, 0.5) is 35.7 Å². The number of hydrogen-bond acceptors (Lipinski definition) is 10. The van der Waals surface area contributed by atoms with Gasteiger partial charge in [0.25, 0.3) is 0 Å². The van der Waals surface area contributed by atoms with Crippen molar-refractivity contribution in [2.45, 2.75) is 76.2 Å². The van der Waals surface area contributed by atoms with Gasteiger partial charge in [-0.1, -0.05) is 20.8 Å². The van der Waals surface area contributed by atoms with Gasteiger partial charge in [0, 0.05) is 30.9 Å². The molecule has 3 atom stereocenters. The van der Waals surface area contributed by atoms with Crippen LogP contribution >= 0.6 is 0 Å². The highest BCUT2D eigenvalue weighted by atomic mass is 28.4. The molecule has 0 radical (unpaired) electrons. The number of aromatic nitrogens is 4. The van der Waals surface area contributed by atoms with E-state index in [1.54, 1.807) is 4.90 Å². The Bertz CT molecular complexity index is 1280. The second-order valence-corrected chi connectivity index (χ2v) is 16.5. The smallest absolute Gasteiger partial charge is 0.434 e. The summed E-state index contributed by atoms with van der Waals surface area (Å²) in [7, 11) is -2.15. The number of fused-ring (bicyclic) bond motifs is 1. The normalized spacial score (nSPS) is 23.9. The quantitative estimate of drug-likeness (QED) is 0.512. The number of carbonyl (C=O) groups excluding carboxylic acids is 1. The van der Waals surface area contributed by atoms with E-state index in [9.17, 15) is 18.0 Å². The molecule has 1 aliphatic carbocycles. The molecule has 218 valence electrons. The van der Waals surface area contributed by atoms with Gasteiger partial charge >= 0.3 is 12.3 Å². The number of amides is 1. The molecule has 0 bridgehead atoms. The number of alkyl halides is 3. The van der Waals surface area contributed by atoms with Crippen LogP contribution < -0.4 is 15.5 Å². The van der Waals surface area contributed by atoms with Crippen molar-refractivity contribution >= 4 is 32.1 Å². The summed E-state index contributed by atoms with van der Waals surface area (Å²) < 4.78 is 59.7. The van der Waals surface area contributed by atoms with Crippen molar-refractivity contribution in [3.63, 3.8) is 0 Å². The van der Waals surface area contributed by atoms with E-state index in [0.29, 0.717) is 39.1 Å². The SMILES string of the molecule is CC(C)(C)[Si](C)(C)OC1CCC2C1OC(=O)N2c1cc(-c2cnc(N)nc2C(F)(F)F)nc(N2CCOCC2)n1. The molecule has 2 aromatic heterocycles. The second-order valence-electron chi connectivity index (χ2n) is 11.8. The van der Waals surface area contributed by atoms with E-state index in [1.165, 1.54) is 11.0 Å². The Kier molecular flexibility index (Phi) is 7.19.